The summed E-state index contributed by atoms with van der Waals surface area (Å²) in [5.41, 5.74) is 1.81. The fourth-order valence-electron chi connectivity index (χ4n) is 2.86. The van der Waals surface area contributed by atoms with Crippen LogP contribution in [0, 0.1) is 5.82 Å². The van der Waals surface area contributed by atoms with Crippen LogP contribution in [0.15, 0.2) is 48.5 Å². The van der Waals surface area contributed by atoms with E-state index in [1.54, 1.807) is 11.0 Å². The first-order valence-electron chi connectivity index (χ1n) is 7.69. The lowest BCUT2D eigenvalue weighted by atomic mass is 10.1. The number of hydrogen-bond acceptors (Lipinski definition) is 4. The van der Waals surface area contributed by atoms with E-state index < -0.39 is 5.82 Å². The van der Waals surface area contributed by atoms with E-state index in [9.17, 15) is 9.18 Å². The van der Waals surface area contributed by atoms with Crippen molar-refractivity contribution in [2.75, 3.05) is 29.9 Å². The van der Waals surface area contributed by atoms with Gasteiger partial charge in [0.15, 0.2) is 11.6 Å². The summed E-state index contributed by atoms with van der Waals surface area (Å²) in [5, 5.41) is 0. The van der Waals surface area contributed by atoms with Crippen LogP contribution in [0.2, 0.25) is 0 Å². The lowest BCUT2D eigenvalue weighted by Crippen LogP contribution is -2.43. The fourth-order valence-corrected chi connectivity index (χ4v) is 2.86. The predicted molar refractivity (Wildman–Crippen MR) is 90.9 cm³/mol. The lowest BCUT2D eigenvalue weighted by molar-refractivity contribution is 0.0985. The van der Waals surface area contributed by atoms with Crippen molar-refractivity contribution in [3.8, 4) is 0 Å². The summed E-state index contributed by atoms with van der Waals surface area (Å²) in [4.78, 5) is 25.6. The van der Waals surface area contributed by atoms with Crippen molar-refractivity contribution < 1.29 is 9.18 Å². The molecule has 1 aliphatic heterocycles. The van der Waals surface area contributed by atoms with Gasteiger partial charge in [-0.2, -0.15) is 0 Å². The number of benzene rings is 2. The Bertz CT molecular complexity index is 943. The molecule has 5 nitrogen and oxygen atoms in total. The topological polar surface area (TPSA) is 49.3 Å². The second-order valence-corrected chi connectivity index (χ2v) is 5.75. The number of anilines is 2. The molecule has 4 rings (SSSR count). The second-order valence-electron chi connectivity index (χ2n) is 5.75. The number of aromatic nitrogens is 2. The Morgan fingerprint density at radius 1 is 1.00 bits per heavy atom. The highest BCUT2D eigenvalue weighted by molar-refractivity contribution is 6.07. The van der Waals surface area contributed by atoms with Crippen LogP contribution in [0.25, 0.3) is 11.0 Å². The van der Waals surface area contributed by atoms with E-state index in [-0.39, 0.29) is 5.91 Å². The Labute approximate surface area is 138 Å². The van der Waals surface area contributed by atoms with Gasteiger partial charge in [-0.05, 0) is 30.3 Å². The molecule has 24 heavy (non-hydrogen) atoms. The van der Waals surface area contributed by atoms with Crippen molar-refractivity contribution in [2.45, 2.75) is 0 Å². The smallest absolute Gasteiger partial charge is 0.259 e. The summed E-state index contributed by atoms with van der Waals surface area (Å²) in [5.74, 6) is 0.467. The van der Waals surface area contributed by atoms with Gasteiger partial charge < -0.3 is 4.90 Å². The molecule has 0 fully saturated rings. The zero-order chi connectivity index (χ0) is 16.7. The quantitative estimate of drug-likeness (QED) is 0.691. The van der Waals surface area contributed by atoms with E-state index in [0.29, 0.717) is 30.3 Å². The normalized spacial score (nSPS) is 13.9. The molecule has 0 aliphatic carbocycles. The van der Waals surface area contributed by atoms with Gasteiger partial charge >= 0.3 is 0 Å². The molecule has 3 aromatic rings. The summed E-state index contributed by atoms with van der Waals surface area (Å²) < 4.78 is 13.5. The highest BCUT2D eigenvalue weighted by atomic mass is 19.1. The average Bonchev–Trinajstić information content (AvgIpc) is 2.60. The monoisotopic (exact) mass is 322 g/mol. The summed E-state index contributed by atoms with van der Waals surface area (Å²) in [6.45, 7) is 1.12. The summed E-state index contributed by atoms with van der Waals surface area (Å²) in [6, 6.07) is 13.3. The predicted octanol–water partition coefficient (Wildman–Crippen LogP) is 2.87. The third-order valence-electron chi connectivity index (χ3n) is 4.13. The number of nitrogens with zero attached hydrogens (tertiary/aromatic N) is 4. The first kappa shape index (κ1) is 14.6. The Kier molecular flexibility index (Phi) is 3.37. The molecule has 0 atom stereocenters. The van der Waals surface area contributed by atoms with E-state index in [0.717, 1.165) is 11.0 Å². The largest absolute Gasteiger partial charge is 0.355 e. The molecule has 6 heteroatoms. The van der Waals surface area contributed by atoms with Crippen molar-refractivity contribution in [3.05, 3.63) is 59.9 Å². The number of carbonyl (C=O) groups is 1. The number of amides is 1. The molecule has 1 aliphatic rings. The van der Waals surface area contributed by atoms with Crippen molar-refractivity contribution >= 4 is 28.6 Å². The molecular weight excluding hydrogens is 307 g/mol. The average molecular weight is 322 g/mol. The van der Waals surface area contributed by atoms with Gasteiger partial charge in [0.1, 0.15) is 5.82 Å². The van der Waals surface area contributed by atoms with Crippen LogP contribution in [0.3, 0.4) is 0 Å². The Hall–Kier alpha value is -3.02. The van der Waals surface area contributed by atoms with Gasteiger partial charge in [0.25, 0.3) is 5.91 Å². The molecule has 0 bridgehead atoms. The number of rotatable bonds is 1. The van der Waals surface area contributed by atoms with Crippen molar-refractivity contribution in [1.29, 1.82) is 0 Å². The molecule has 0 N–H and O–H groups in total. The van der Waals surface area contributed by atoms with Crippen LogP contribution >= 0.6 is 0 Å². The van der Waals surface area contributed by atoms with Crippen molar-refractivity contribution in [1.82, 2.24) is 9.97 Å². The van der Waals surface area contributed by atoms with Crippen molar-refractivity contribution in [3.63, 3.8) is 0 Å². The second kappa shape index (κ2) is 5.56. The molecule has 1 aromatic heterocycles. The van der Waals surface area contributed by atoms with Gasteiger partial charge in [0.2, 0.25) is 0 Å². The SMILES string of the molecule is CN1CCN(C(=O)c2cccc(F)c2)c2nc3ccccc3nc21. The van der Waals surface area contributed by atoms with Gasteiger partial charge in [-0.25, -0.2) is 14.4 Å². The van der Waals surface area contributed by atoms with Gasteiger partial charge in [-0.15, -0.1) is 0 Å². The Morgan fingerprint density at radius 3 is 2.42 bits per heavy atom. The molecule has 0 spiro atoms. The standard InChI is InChI=1S/C18H15FN4O/c1-22-9-10-23(18(24)12-5-4-6-13(19)11-12)17-16(22)20-14-7-2-3-8-15(14)21-17/h2-8,11H,9-10H2,1H3. The van der Waals surface area contributed by atoms with Gasteiger partial charge in [-0.1, -0.05) is 18.2 Å². The zero-order valence-electron chi connectivity index (χ0n) is 13.1. The van der Waals surface area contributed by atoms with Crippen LogP contribution in [0.5, 0.6) is 0 Å². The summed E-state index contributed by atoms with van der Waals surface area (Å²) in [6.07, 6.45) is 0. The van der Waals surface area contributed by atoms with Crippen LogP contribution in [0.4, 0.5) is 16.0 Å². The fraction of sp³-hybridized carbons (Fsp3) is 0.167. The maximum atomic E-state index is 13.5. The first-order chi connectivity index (χ1) is 11.6. The minimum Gasteiger partial charge on any atom is -0.355 e. The van der Waals surface area contributed by atoms with Crippen LogP contribution < -0.4 is 9.80 Å². The van der Waals surface area contributed by atoms with E-state index >= 15 is 0 Å². The first-order valence-corrected chi connectivity index (χ1v) is 7.69. The van der Waals surface area contributed by atoms with Crippen molar-refractivity contribution in [2.24, 2.45) is 0 Å². The molecule has 0 saturated carbocycles. The van der Waals surface area contributed by atoms with E-state index in [1.165, 1.54) is 18.2 Å². The molecule has 0 unspecified atom stereocenters. The maximum absolute atomic E-state index is 13.5. The third-order valence-corrected chi connectivity index (χ3v) is 4.13. The number of carbonyl (C=O) groups excluding carboxylic acids is 1. The Balaban J connectivity index is 1.83. The molecule has 2 heterocycles. The van der Waals surface area contributed by atoms with E-state index in [2.05, 4.69) is 9.97 Å². The summed E-state index contributed by atoms with van der Waals surface area (Å²) in [7, 11) is 1.92. The maximum Gasteiger partial charge on any atom is 0.259 e. The van der Waals surface area contributed by atoms with E-state index in [1.807, 2.05) is 36.2 Å². The molecule has 120 valence electrons. The number of likely N-dealkylation sites (N-methyl/N-ethyl adjacent to an activating group) is 1. The number of hydrogen-bond donors (Lipinski definition) is 0. The van der Waals surface area contributed by atoms with Crippen LogP contribution in [0.1, 0.15) is 10.4 Å². The van der Waals surface area contributed by atoms with Gasteiger partial charge in [-0.3, -0.25) is 9.69 Å². The highest BCUT2D eigenvalue weighted by Crippen LogP contribution is 2.31. The Morgan fingerprint density at radius 2 is 1.71 bits per heavy atom. The minimum absolute atomic E-state index is 0.270. The summed E-state index contributed by atoms with van der Waals surface area (Å²) >= 11 is 0. The zero-order valence-corrected chi connectivity index (χ0v) is 13.1. The van der Waals surface area contributed by atoms with E-state index in [4.69, 9.17) is 0 Å². The molecule has 2 aromatic carbocycles. The lowest BCUT2D eigenvalue weighted by Gasteiger charge is -2.33. The molecular formula is C18H15FN4O. The third kappa shape index (κ3) is 2.36. The van der Waals surface area contributed by atoms with Crippen LogP contribution in [-0.4, -0.2) is 36.0 Å². The van der Waals surface area contributed by atoms with Gasteiger partial charge in [0.05, 0.1) is 11.0 Å². The number of halogens is 1. The molecule has 1 amide bonds. The minimum atomic E-state index is -0.431. The molecule has 0 saturated heterocycles. The number of para-hydroxylation sites is 2. The van der Waals surface area contributed by atoms with Gasteiger partial charge in [0, 0.05) is 25.7 Å². The van der Waals surface area contributed by atoms with Crippen LogP contribution in [-0.2, 0) is 0 Å². The highest BCUT2D eigenvalue weighted by Gasteiger charge is 2.29. The molecule has 0 radical (unpaired) electrons. The number of fused-ring (bicyclic) bond motifs is 2.